The number of alkyl halides is 3. The lowest BCUT2D eigenvalue weighted by Crippen LogP contribution is -2.25. The van der Waals surface area contributed by atoms with Crippen LogP contribution in [0, 0.1) is 17.6 Å². The Morgan fingerprint density at radius 3 is 2.06 bits per heavy atom. The van der Waals surface area contributed by atoms with Crippen LogP contribution >= 0.6 is 11.6 Å². The third kappa shape index (κ3) is 6.58. The molecular weight excluding hydrogens is 435 g/mol. The Labute approximate surface area is 185 Å². The van der Waals surface area contributed by atoms with Gasteiger partial charge in [0.1, 0.15) is 22.9 Å². The van der Waals surface area contributed by atoms with Gasteiger partial charge in [-0.25, -0.2) is 8.78 Å². The first-order valence-corrected chi connectivity index (χ1v) is 10.6. The van der Waals surface area contributed by atoms with Gasteiger partial charge in [-0.2, -0.15) is 8.78 Å². The lowest BCUT2D eigenvalue weighted by Gasteiger charge is -2.29. The van der Waals surface area contributed by atoms with Crippen molar-refractivity contribution in [3.8, 4) is 5.75 Å². The van der Waals surface area contributed by atoms with Crippen LogP contribution in [0.1, 0.15) is 69.4 Å². The number of hydrogen-bond donors (Lipinski definition) is 0. The normalized spacial score (nSPS) is 19.0. The quantitative estimate of drug-likeness (QED) is 0.281. The predicted molar refractivity (Wildman–Crippen MR) is 114 cm³/mol. The second kappa shape index (κ2) is 11.2. The molecule has 2 aromatic rings. The number of benzene rings is 2. The fourth-order valence-corrected chi connectivity index (χ4v) is 4.25. The summed E-state index contributed by atoms with van der Waals surface area (Å²) in [5.74, 6) is -2.49. The van der Waals surface area contributed by atoms with E-state index < -0.39 is 23.3 Å². The van der Waals surface area contributed by atoms with Crippen molar-refractivity contribution in [3.63, 3.8) is 0 Å². The number of hydrogen-bond acceptors (Lipinski definition) is 1. The molecular formula is C24H28ClF5O. The Morgan fingerprint density at radius 2 is 1.52 bits per heavy atom. The van der Waals surface area contributed by atoms with E-state index in [9.17, 15) is 22.0 Å². The Morgan fingerprint density at radius 1 is 0.935 bits per heavy atom. The van der Waals surface area contributed by atoms with Crippen molar-refractivity contribution < 1.29 is 26.7 Å². The predicted octanol–water partition coefficient (Wildman–Crippen LogP) is 8.80. The van der Waals surface area contributed by atoms with Crippen molar-refractivity contribution >= 4 is 11.6 Å². The number of unbranched alkanes of at least 4 members (excludes halogenated alkanes) is 1. The molecule has 0 amide bonds. The van der Waals surface area contributed by atoms with Crippen molar-refractivity contribution in [2.24, 2.45) is 5.92 Å². The molecule has 0 radical (unpaired) electrons. The number of halogens is 6. The molecule has 2 aromatic carbocycles. The molecule has 0 aromatic heterocycles. The van der Waals surface area contributed by atoms with Gasteiger partial charge in [0.2, 0.25) is 0 Å². The van der Waals surface area contributed by atoms with Gasteiger partial charge in [-0.05, 0) is 85.9 Å². The van der Waals surface area contributed by atoms with E-state index in [2.05, 4.69) is 4.74 Å². The standard InChI is InChI=1S/C23H24ClF5O.CH4/c24-18-8-10-19(11-9-18)30-23(28,29)22-20(26)13-17(14-21(22)27)16-6-4-15(5-7-16)3-1-2-12-25;/h8-11,13-16H,1-7,12H2;1H4. The van der Waals surface area contributed by atoms with Crippen molar-refractivity contribution in [3.05, 3.63) is 64.2 Å². The van der Waals surface area contributed by atoms with Crippen LogP contribution in [-0.2, 0) is 6.11 Å². The summed E-state index contributed by atoms with van der Waals surface area (Å²) in [7, 11) is 0. The average Bonchev–Trinajstić information content (AvgIpc) is 2.69. The first-order valence-electron chi connectivity index (χ1n) is 10.2. The Balaban J connectivity index is 0.00000341. The van der Waals surface area contributed by atoms with Crippen molar-refractivity contribution in [1.82, 2.24) is 0 Å². The molecule has 0 aliphatic heterocycles. The first-order chi connectivity index (χ1) is 14.3. The van der Waals surface area contributed by atoms with Crippen LogP contribution in [0.15, 0.2) is 36.4 Å². The van der Waals surface area contributed by atoms with Crippen LogP contribution in [0.5, 0.6) is 5.75 Å². The van der Waals surface area contributed by atoms with Crippen LogP contribution in [0.25, 0.3) is 0 Å². The average molecular weight is 463 g/mol. The minimum absolute atomic E-state index is 0. The van der Waals surface area contributed by atoms with E-state index >= 15 is 0 Å². The summed E-state index contributed by atoms with van der Waals surface area (Å²) < 4.78 is 74.8. The molecule has 7 heteroatoms. The maximum atomic E-state index is 14.6. The second-order valence-corrected chi connectivity index (χ2v) is 8.27. The molecule has 0 unspecified atom stereocenters. The molecule has 0 heterocycles. The van der Waals surface area contributed by atoms with Gasteiger partial charge >= 0.3 is 6.11 Å². The Kier molecular flexibility index (Phi) is 9.16. The van der Waals surface area contributed by atoms with Crippen LogP contribution < -0.4 is 4.74 Å². The molecule has 0 bridgehead atoms. The highest BCUT2D eigenvalue weighted by molar-refractivity contribution is 6.30. The monoisotopic (exact) mass is 462 g/mol. The van der Waals surface area contributed by atoms with Gasteiger partial charge in [0.15, 0.2) is 0 Å². The van der Waals surface area contributed by atoms with E-state index in [1.54, 1.807) is 0 Å². The summed E-state index contributed by atoms with van der Waals surface area (Å²) in [6.07, 6.45) is 1.42. The summed E-state index contributed by atoms with van der Waals surface area (Å²) in [5.41, 5.74) is -1.01. The molecule has 0 atom stereocenters. The van der Waals surface area contributed by atoms with Crippen molar-refractivity contribution in [1.29, 1.82) is 0 Å². The molecule has 0 saturated heterocycles. The summed E-state index contributed by atoms with van der Waals surface area (Å²) in [4.78, 5) is 0. The molecule has 1 saturated carbocycles. The Hall–Kier alpha value is -1.82. The fourth-order valence-electron chi connectivity index (χ4n) is 4.12. The SMILES string of the molecule is C.FCCCCC1CCC(c2cc(F)c(C(F)(F)Oc3ccc(Cl)cc3)c(F)c2)CC1. The molecule has 1 nitrogen and oxygen atoms in total. The van der Waals surface area contributed by atoms with E-state index in [1.807, 2.05) is 0 Å². The highest BCUT2D eigenvalue weighted by Gasteiger charge is 2.41. The number of rotatable bonds is 8. The maximum absolute atomic E-state index is 14.6. The minimum atomic E-state index is -4.17. The Bertz CT molecular complexity index is 809. The zero-order chi connectivity index (χ0) is 21.7. The van der Waals surface area contributed by atoms with E-state index in [0.717, 1.165) is 50.7 Å². The summed E-state index contributed by atoms with van der Waals surface area (Å²) >= 11 is 5.70. The van der Waals surface area contributed by atoms with Crippen molar-refractivity contribution in [2.75, 3.05) is 6.67 Å². The van der Waals surface area contributed by atoms with Gasteiger partial charge in [0, 0.05) is 5.02 Å². The second-order valence-electron chi connectivity index (χ2n) is 7.83. The molecule has 3 rings (SSSR count). The van der Waals surface area contributed by atoms with Crippen LogP contribution in [0.3, 0.4) is 0 Å². The number of ether oxygens (including phenoxy) is 1. The van der Waals surface area contributed by atoms with E-state index in [0.29, 0.717) is 22.9 Å². The van der Waals surface area contributed by atoms with E-state index in [-0.39, 0.29) is 25.8 Å². The molecule has 0 spiro atoms. The third-order valence-electron chi connectivity index (χ3n) is 5.73. The van der Waals surface area contributed by atoms with Gasteiger partial charge in [0.05, 0.1) is 6.67 Å². The van der Waals surface area contributed by atoms with Crippen LogP contribution in [-0.4, -0.2) is 6.67 Å². The van der Waals surface area contributed by atoms with Gasteiger partial charge in [-0.1, -0.05) is 31.9 Å². The zero-order valence-electron chi connectivity index (χ0n) is 16.5. The largest absolute Gasteiger partial charge is 0.432 e. The van der Waals surface area contributed by atoms with Crippen molar-refractivity contribution in [2.45, 2.75) is 64.4 Å². The molecule has 31 heavy (non-hydrogen) atoms. The van der Waals surface area contributed by atoms with Gasteiger partial charge in [0.25, 0.3) is 0 Å². The summed E-state index contributed by atoms with van der Waals surface area (Å²) in [6, 6.07) is 7.07. The van der Waals surface area contributed by atoms with E-state index in [4.69, 9.17) is 11.6 Å². The van der Waals surface area contributed by atoms with E-state index in [1.165, 1.54) is 24.3 Å². The maximum Gasteiger partial charge on any atom is 0.432 e. The van der Waals surface area contributed by atoms with Gasteiger partial charge < -0.3 is 4.74 Å². The fraction of sp³-hybridized carbons (Fsp3) is 0.500. The third-order valence-corrected chi connectivity index (χ3v) is 5.98. The van der Waals surface area contributed by atoms with Crippen LogP contribution in [0.4, 0.5) is 22.0 Å². The highest BCUT2D eigenvalue weighted by Crippen LogP contribution is 2.41. The smallest absolute Gasteiger partial charge is 0.429 e. The van der Waals surface area contributed by atoms with Crippen LogP contribution in [0.2, 0.25) is 5.02 Å². The lowest BCUT2D eigenvalue weighted by atomic mass is 9.77. The minimum Gasteiger partial charge on any atom is -0.429 e. The van der Waals surface area contributed by atoms with Gasteiger partial charge in [-0.3, -0.25) is 4.39 Å². The summed E-state index contributed by atoms with van der Waals surface area (Å²) in [5, 5.41) is 0.324. The highest BCUT2D eigenvalue weighted by atomic mass is 35.5. The molecule has 1 fully saturated rings. The zero-order valence-corrected chi connectivity index (χ0v) is 17.2. The topological polar surface area (TPSA) is 9.23 Å². The molecule has 0 N–H and O–H groups in total. The first kappa shape index (κ1) is 25.4. The molecule has 1 aliphatic rings. The lowest BCUT2D eigenvalue weighted by molar-refractivity contribution is -0.189. The molecule has 1 aliphatic carbocycles. The van der Waals surface area contributed by atoms with Gasteiger partial charge in [-0.15, -0.1) is 0 Å². The molecule has 172 valence electrons. The summed E-state index contributed by atoms with van der Waals surface area (Å²) in [6.45, 7) is -0.313.